The number of benzene rings is 2. The monoisotopic (exact) mass is 285 g/mol. The number of fused-ring (bicyclic) bond motifs is 3. The molecule has 1 heterocycles. The summed E-state index contributed by atoms with van der Waals surface area (Å²) in [7, 11) is 0. The summed E-state index contributed by atoms with van der Waals surface area (Å²) in [6.45, 7) is 0. The molecular weight excluding hydrogens is 274 g/mol. The summed E-state index contributed by atoms with van der Waals surface area (Å²) < 4.78 is 0. The van der Waals surface area contributed by atoms with Gasteiger partial charge in [0.25, 0.3) is 0 Å². The minimum atomic E-state index is 0. The van der Waals surface area contributed by atoms with E-state index in [0.717, 1.165) is 0 Å². The third kappa shape index (κ3) is 2.42. The number of hydrogen-bond acceptors (Lipinski definition) is 0. The third-order valence-corrected chi connectivity index (χ3v) is 2.41. The average Bonchev–Trinajstić information content (AvgIpc) is 2.56. The second-order valence-corrected chi connectivity index (χ2v) is 3.22. The van der Waals surface area contributed by atoms with Crippen molar-refractivity contribution in [1.82, 2.24) is 4.98 Å². The van der Waals surface area contributed by atoms with Gasteiger partial charge in [-0.05, 0) is 12.1 Å². The van der Waals surface area contributed by atoms with Crippen LogP contribution in [0.25, 0.3) is 21.8 Å². The maximum atomic E-state index is 3.38. The molecule has 1 N–H and O–H groups in total. The van der Waals surface area contributed by atoms with Gasteiger partial charge in [0.05, 0.1) is 0 Å². The normalized spacial score (nSPS) is 9.00. The molecular formula is C13H12BrMgN. The smallest absolute Gasteiger partial charge is 1.00 e. The van der Waals surface area contributed by atoms with Crippen LogP contribution >= 0.6 is 0 Å². The number of rotatable bonds is 0. The van der Waals surface area contributed by atoms with Gasteiger partial charge in [-0.15, -0.1) is 0 Å². The van der Waals surface area contributed by atoms with Crippen molar-refractivity contribution in [3.63, 3.8) is 0 Å². The van der Waals surface area contributed by atoms with Gasteiger partial charge in [0.1, 0.15) is 0 Å². The molecule has 3 rings (SSSR count). The first kappa shape index (κ1) is 15.5. The SMILES string of the molecule is [Br-].[CH3-].[Mg+2].c1ccc2c(c1)[nH]c1ccccc12. The molecule has 0 aliphatic rings. The largest absolute Gasteiger partial charge is 2.00 e. The Morgan fingerprint density at radius 1 is 0.688 bits per heavy atom. The van der Waals surface area contributed by atoms with Crippen molar-refractivity contribution in [3.05, 3.63) is 56.0 Å². The molecule has 1 aromatic heterocycles. The van der Waals surface area contributed by atoms with Gasteiger partial charge in [0.15, 0.2) is 0 Å². The van der Waals surface area contributed by atoms with Crippen molar-refractivity contribution >= 4 is 44.9 Å². The molecule has 0 bridgehead atoms. The maximum absolute atomic E-state index is 3.38. The van der Waals surface area contributed by atoms with E-state index in [9.17, 15) is 0 Å². The van der Waals surface area contributed by atoms with Crippen molar-refractivity contribution < 1.29 is 17.0 Å². The zero-order chi connectivity index (χ0) is 8.67. The van der Waals surface area contributed by atoms with Crippen molar-refractivity contribution in [3.8, 4) is 0 Å². The van der Waals surface area contributed by atoms with Crippen molar-refractivity contribution in [2.24, 2.45) is 0 Å². The van der Waals surface area contributed by atoms with Gasteiger partial charge >= 0.3 is 23.1 Å². The van der Waals surface area contributed by atoms with Gasteiger partial charge in [-0.25, -0.2) is 0 Å². The molecule has 0 unspecified atom stereocenters. The minimum Gasteiger partial charge on any atom is -1.00 e. The predicted octanol–water partition coefficient (Wildman–Crippen LogP) is 0.395. The van der Waals surface area contributed by atoms with Crippen LogP contribution in [0.15, 0.2) is 48.5 Å². The molecule has 0 amide bonds. The number of aromatic amines is 1. The Balaban J connectivity index is 0.000000750. The zero-order valence-electron chi connectivity index (χ0n) is 9.20. The molecule has 78 valence electrons. The van der Waals surface area contributed by atoms with E-state index in [2.05, 4.69) is 53.5 Å². The molecule has 0 aliphatic heterocycles. The summed E-state index contributed by atoms with van der Waals surface area (Å²) in [5, 5.41) is 2.61. The van der Waals surface area contributed by atoms with Gasteiger partial charge in [-0.3, -0.25) is 0 Å². The number of nitrogens with one attached hydrogen (secondary N) is 1. The standard InChI is InChI=1S/C12H9N.CH3.BrH.Mg/c1-3-7-11-9(5-1)10-6-2-4-8-12(10)13-11;;;/h1-8,13H;1H3;1H;/q;-1;;+2/p-1. The number of hydrogen-bond donors (Lipinski definition) is 1. The van der Waals surface area contributed by atoms with Crippen LogP contribution in [0.3, 0.4) is 0 Å². The Bertz CT molecular complexity index is 524. The Morgan fingerprint density at radius 2 is 1.06 bits per heavy atom. The summed E-state index contributed by atoms with van der Waals surface area (Å²) in [6.07, 6.45) is 0. The Hall–Kier alpha value is -0.514. The quantitative estimate of drug-likeness (QED) is 0.455. The van der Waals surface area contributed by atoms with Crippen molar-refractivity contribution in [2.45, 2.75) is 0 Å². The van der Waals surface area contributed by atoms with Crippen LogP contribution < -0.4 is 17.0 Å². The molecule has 0 saturated carbocycles. The van der Waals surface area contributed by atoms with Gasteiger partial charge in [0, 0.05) is 21.8 Å². The number of para-hydroxylation sites is 2. The first-order chi connectivity index (χ1) is 6.45. The van der Waals surface area contributed by atoms with Gasteiger partial charge in [0.2, 0.25) is 0 Å². The molecule has 0 saturated heterocycles. The van der Waals surface area contributed by atoms with Gasteiger partial charge < -0.3 is 29.4 Å². The average molecular weight is 286 g/mol. The molecule has 0 aliphatic carbocycles. The molecule has 1 nitrogen and oxygen atoms in total. The Labute approximate surface area is 122 Å². The van der Waals surface area contributed by atoms with Crippen LogP contribution in [-0.4, -0.2) is 28.0 Å². The molecule has 3 heteroatoms. The summed E-state index contributed by atoms with van der Waals surface area (Å²) in [4.78, 5) is 3.38. The first-order valence-corrected chi connectivity index (χ1v) is 4.40. The Kier molecular flexibility index (Phi) is 6.08. The van der Waals surface area contributed by atoms with E-state index in [0.29, 0.717) is 0 Å². The fourth-order valence-corrected chi connectivity index (χ4v) is 1.80. The van der Waals surface area contributed by atoms with Crippen LogP contribution in [0, 0.1) is 7.43 Å². The van der Waals surface area contributed by atoms with Crippen LogP contribution in [0.4, 0.5) is 0 Å². The minimum absolute atomic E-state index is 0. The fourth-order valence-electron chi connectivity index (χ4n) is 1.80. The summed E-state index contributed by atoms with van der Waals surface area (Å²) in [5.74, 6) is 0. The molecule has 3 aromatic rings. The predicted molar refractivity (Wildman–Crippen MR) is 68.0 cm³/mol. The van der Waals surface area contributed by atoms with Gasteiger partial charge in [-0.1, -0.05) is 36.4 Å². The number of H-pyrrole nitrogens is 1. The molecule has 0 atom stereocenters. The maximum Gasteiger partial charge on any atom is 2.00 e. The third-order valence-electron chi connectivity index (χ3n) is 2.41. The second-order valence-electron chi connectivity index (χ2n) is 3.22. The zero-order valence-corrected chi connectivity index (χ0v) is 12.2. The van der Waals surface area contributed by atoms with Crippen LogP contribution in [0.2, 0.25) is 0 Å². The molecule has 0 fully saturated rings. The van der Waals surface area contributed by atoms with E-state index in [1.807, 2.05) is 0 Å². The van der Waals surface area contributed by atoms with Crippen LogP contribution in [0.5, 0.6) is 0 Å². The summed E-state index contributed by atoms with van der Waals surface area (Å²) >= 11 is 0. The Morgan fingerprint density at radius 3 is 1.50 bits per heavy atom. The van der Waals surface area contributed by atoms with E-state index in [1.54, 1.807) is 0 Å². The van der Waals surface area contributed by atoms with E-state index in [4.69, 9.17) is 0 Å². The van der Waals surface area contributed by atoms with Crippen molar-refractivity contribution in [2.75, 3.05) is 0 Å². The van der Waals surface area contributed by atoms with E-state index < -0.39 is 0 Å². The van der Waals surface area contributed by atoms with E-state index in [-0.39, 0.29) is 47.5 Å². The first-order valence-electron chi connectivity index (χ1n) is 4.40. The topological polar surface area (TPSA) is 15.8 Å². The molecule has 0 radical (unpaired) electrons. The molecule has 0 spiro atoms. The summed E-state index contributed by atoms with van der Waals surface area (Å²) in [6, 6.07) is 16.8. The van der Waals surface area contributed by atoms with Crippen LogP contribution in [-0.2, 0) is 0 Å². The number of halogens is 1. The number of aromatic nitrogens is 1. The van der Waals surface area contributed by atoms with Gasteiger partial charge in [-0.2, -0.15) is 0 Å². The van der Waals surface area contributed by atoms with Crippen molar-refractivity contribution in [1.29, 1.82) is 0 Å². The van der Waals surface area contributed by atoms with Crippen LogP contribution in [0.1, 0.15) is 0 Å². The second kappa shape index (κ2) is 6.28. The molecule has 16 heavy (non-hydrogen) atoms. The van der Waals surface area contributed by atoms with E-state index >= 15 is 0 Å². The molecule has 2 aromatic carbocycles. The fraction of sp³-hybridized carbons (Fsp3) is 0. The van der Waals surface area contributed by atoms with E-state index in [1.165, 1.54) is 21.8 Å². The summed E-state index contributed by atoms with van der Waals surface area (Å²) in [5.41, 5.74) is 2.42.